The highest BCUT2D eigenvalue weighted by Crippen LogP contribution is 2.28. The first-order valence-corrected chi connectivity index (χ1v) is 4.34. The van der Waals surface area contributed by atoms with Gasteiger partial charge < -0.3 is 10.1 Å². The fraction of sp³-hybridized carbons (Fsp3) is 0.889. The molecule has 1 unspecified atom stereocenters. The Bertz CT molecular complexity index is 177. The quantitative estimate of drug-likeness (QED) is 0.628. The second-order valence-corrected chi connectivity index (χ2v) is 4.23. The topological polar surface area (TPSA) is 38.3 Å². The molecular formula is C9H17NO2. The van der Waals surface area contributed by atoms with E-state index in [9.17, 15) is 4.79 Å². The average Bonchev–Trinajstić information content (AvgIpc) is 2.30. The summed E-state index contributed by atoms with van der Waals surface area (Å²) in [5.74, 6) is -0.120. The van der Waals surface area contributed by atoms with Crippen molar-refractivity contribution >= 4 is 5.97 Å². The van der Waals surface area contributed by atoms with Crippen molar-refractivity contribution in [2.75, 3.05) is 13.7 Å². The lowest BCUT2D eigenvalue weighted by molar-refractivity contribution is -0.141. The maximum Gasteiger partial charge on any atom is 0.307 e. The molecule has 1 heterocycles. The molecule has 12 heavy (non-hydrogen) atoms. The predicted molar refractivity (Wildman–Crippen MR) is 46.8 cm³/mol. The van der Waals surface area contributed by atoms with Crippen molar-refractivity contribution in [3.63, 3.8) is 0 Å². The van der Waals surface area contributed by atoms with Gasteiger partial charge in [-0.2, -0.15) is 0 Å². The minimum absolute atomic E-state index is 0.120. The van der Waals surface area contributed by atoms with Crippen LogP contribution in [0.3, 0.4) is 0 Å². The number of carbonyl (C=O) groups is 1. The number of nitrogens with one attached hydrogen (secondary N) is 1. The van der Waals surface area contributed by atoms with Crippen molar-refractivity contribution in [3.8, 4) is 0 Å². The van der Waals surface area contributed by atoms with Crippen LogP contribution >= 0.6 is 0 Å². The van der Waals surface area contributed by atoms with E-state index in [0.29, 0.717) is 17.9 Å². The van der Waals surface area contributed by atoms with Crippen LogP contribution in [-0.2, 0) is 9.53 Å². The van der Waals surface area contributed by atoms with Gasteiger partial charge in [0.15, 0.2) is 0 Å². The zero-order valence-corrected chi connectivity index (χ0v) is 8.02. The van der Waals surface area contributed by atoms with E-state index in [0.717, 1.165) is 13.0 Å². The molecule has 3 nitrogen and oxygen atoms in total. The van der Waals surface area contributed by atoms with Crippen LogP contribution in [0.25, 0.3) is 0 Å². The fourth-order valence-corrected chi connectivity index (χ4v) is 1.66. The smallest absolute Gasteiger partial charge is 0.307 e. The van der Waals surface area contributed by atoms with E-state index in [4.69, 9.17) is 0 Å². The summed E-state index contributed by atoms with van der Waals surface area (Å²) in [7, 11) is 1.43. The third kappa shape index (κ3) is 2.48. The van der Waals surface area contributed by atoms with E-state index in [1.165, 1.54) is 7.11 Å². The Morgan fingerprint density at radius 2 is 2.33 bits per heavy atom. The van der Waals surface area contributed by atoms with Gasteiger partial charge in [-0.3, -0.25) is 4.79 Å². The van der Waals surface area contributed by atoms with Crippen LogP contribution in [0.2, 0.25) is 0 Å². The van der Waals surface area contributed by atoms with Crippen LogP contribution in [0.15, 0.2) is 0 Å². The molecule has 0 aromatic carbocycles. The number of rotatable bonds is 2. The summed E-state index contributed by atoms with van der Waals surface area (Å²) in [5.41, 5.74) is 0.332. The van der Waals surface area contributed by atoms with Gasteiger partial charge in [-0.15, -0.1) is 0 Å². The average molecular weight is 171 g/mol. The Hall–Kier alpha value is -0.570. The third-order valence-electron chi connectivity index (χ3n) is 2.31. The molecule has 1 aliphatic heterocycles. The summed E-state index contributed by atoms with van der Waals surface area (Å²) in [6.07, 6.45) is 1.56. The number of carbonyl (C=O) groups excluding carboxylic acids is 1. The summed E-state index contributed by atoms with van der Waals surface area (Å²) in [4.78, 5) is 10.9. The highest BCUT2D eigenvalue weighted by molar-refractivity contribution is 5.69. The Balaban J connectivity index is 2.33. The molecule has 3 heteroatoms. The number of hydrogen-bond acceptors (Lipinski definition) is 3. The Kier molecular flexibility index (Phi) is 2.73. The second-order valence-electron chi connectivity index (χ2n) is 4.23. The van der Waals surface area contributed by atoms with Gasteiger partial charge in [0.1, 0.15) is 0 Å². The van der Waals surface area contributed by atoms with E-state index in [1.54, 1.807) is 0 Å². The van der Waals surface area contributed by atoms with E-state index < -0.39 is 0 Å². The maximum atomic E-state index is 10.9. The highest BCUT2D eigenvalue weighted by atomic mass is 16.5. The molecule has 0 aromatic heterocycles. The molecule has 1 atom stereocenters. The zero-order valence-electron chi connectivity index (χ0n) is 8.02. The Morgan fingerprint density at radius 3 is 2.75 bits per heavy atom. The van der Waals surface area contributed by atoms with Gasteiger partial charge in [0.2, 0.25) is 0 Å². The van der Waals surface area contributed by atoms with Gasteiger partial charge in [0.05, 0.1) is 13.5 Å². The summed E-state index contributed by atoms with van der Waals surface area (Å²) >= 11 is 0. The largest absolute Gasteiger partial charge is 0.469 e. The molecule has 1 fully saturated rings. The zero-order chi connectivity index (χ0) is 9.19. The molecule has 0 aromatic rings. The molecule has 1 rings (SSSR count). The van der Waals surface area contributed by atoms with Crippen molar-refractivity contribution < 1.29 is 9.53 Å². The number of hydrogen-bond donors (Lipinski definition) is 1. The van der Waals surface area contributed by atoms with Crippen molar-refractivity contribution in [2.24, 2.45) is 5.41 Å². The van der Waals surface area contributed by atoms with Crippen LogP contribution in [-0.4, -0.2) is 25.7 Å². The maximum absolute atomic E-state index is 10.9. The molecular weight excluding hydrogens is 154 g/mol. The molecule has 0 amide bonds. The summed E-state index contributed by atoms with van der Waals surface area (Å²) in [6.45, 7) is 5.41. The van der Waals surface area contributed by atoms with E-state index in [2.05, 4.69) is 23.9 Å². The highest BCUT2D eigenvalue weighted by Gasteiger charge is 2.31. The van der Waals surface area contributed by atoms with Crippen molar-refractivity contribution in [3.05, 3.63) is 0 Å². The van der Waals surface area contributed by atoms with Crippen LogP contribution in [0.5, 0.6) is 0 Å². The first kappa shape index (κ1) is 9.52. The monoisotopic (exact) mass is 171 g/mol. The van der Waals surface area contributed by atoms with Crippen LogP contribution in [0.1, 0.15) is 26.7 Å². The van der Waals surface area contributed by atoms with Crippen molar-refractivity contribution in [1.29, 1.82) is 0 Å². The van der Waals surface area contributed by atoms with Crippen LogP contribution < -0.4 is 5.32 Å². The minimum atomic E-state index is -0.120. The third-order valence-corrected chi connectivity index (χ3v) is 2.31. The summed E-state index contributed by atoms with van der Waals surface area (Å²) in [5, 5.41) is 3.31. The van der Waals surface area contributed by atoms with Gasteiger partial charge in [0, 0.05) is 12.6 Å². The second kappa shape index (κ2) is 3.44. The van der Waals surface area contributed by atoms with E-state index >= 15 is 0 Å². The number of esters is 1. The molecule has 0 bridgehead atoms. The molecule has 0 spiro atoms. The number of methoxy groups -OCH3 is 1. The molecule has 1 N–H and O–H groups in total. The molecule has 1 aliphatic rings. The van der Waals surface area contributed by atoms with Gasteiger partial charge in [-0.05, 0) is 11.8 Å². The normalized spacial score (nSPS) is 27.1. The molecule has 0 saturated carbocycles. The van der Waals surface area contributed by atoms with Gasteiger partial charge in [-0.25, -0.2) is 0 Å². The van der Waals surface area contributed by atoms with E-state index in [1.807, 2.05) is 0 Å². The fourth-order valence-electron chi connectivity index (χ4n) is 1.66. The Morgan fingerprint density at radius 1 is 1.67 bits per heavy atom. The van der Waals surface area contributed by atoms with Gasteiger partial charge >= 0.3 is 5.97 Å². The van der Waals surface area contributed by atoms with Crippen LogP contribution in [0, 0.1) is 5.41 Å². The first-order valence-electron chi connectivity index (χ1n) is 4.34. The molecule has 0 radical (unpaired) electrons. The lowest BCUT2D eigenvalue weighted by Gasteiger charge is -2.14. The minimum Gasteiger partial charge on any atom is -0.469 e. The molecule has 0 aliphatic carbocycles. The van der Waals surface area contributed by atoms with Crippen LogP contribution in [0.4, 0.5) is 0 Å². The number of ether oxygens (including phenoxy) is 1. The lowest BCUT2D eigenvalue weighted by atomic mass is 9.90. The summed E-state index contributed by atoms with van der Waals surface area (Å²) < 4.78 is 4.60. The van der Waals surface area contributed by atoms with Crippen molar-refractivity contribution in [2.45, 2.75) is 32.7 Å². The van der Waals surface area contributed by atoms with Gasteiger partial charge in [0.25, 0.3) is 0 Å². The summed E-state index contributed by atoms with van der Waals surface area (Å²) in [6, 6.07) is 0.312. The molecule has 1 saturated heterocycles. The standard InChI is InChI=1S/C9H17NO2/c1-9(2)5-7(10-6-9)4-8(11)12-3/h7,10H,4-6H2,1-3H3. The van der Waals surface area contributed by atoms with Gasteiger partial charge in [-0.1, -0.05) is 13.8 Å². The SMILES string of the molecule is COC(=O)CC1CC(C)(C)CN1. The first-order chi connectivity index (χ1) is 5.53. The van der Waals surface area contributed by atoms with E-state index in [-0.39, 0.29) is 5.97 Å². The Labute approximate surface area is 73.5 Å². The van der Waals surface area contributed by atoms with Crippen molar-refractivity contribution in [1.82, 2.24) is 5.32 Å². The predicted octanol–water partition coefficient (Wildman–Crippen LogP) is 0.938. The molecule has 70 valence electrons. The lowest BCUT2D eigenvalue weighted by Crippen LogP contribution is -2.25.